The summed E-state index contributed by atoms with van der Waals surface area (Å²) in [6.45, 7) is 10.7. The molecule has 0 bridgehead atoms. The van der Waals surface area contributed by atoms with Gasteiger partial charge in [0.05, 0.1) is 4.32 Å². The molecule has 0 aliphatic heterocycles. The Bertz CT molecular complexity index is 211. The van der Waals surface area contributed by atoms with Crippen LogP contribution in [0.15, 0.2) is 0 Å². The number of hydrogen-bond donors (Lipinski definition) is 0. The van der Waals surface area contributed by atoms with Gasteiger partial charge in [-0.05, 0) is 32.1 Å². The molecule has 0 amide bonds. The number of rotatable bonds is 8. The van der Waals surface area contributed by atoms with Gasteiger partial charge in [0.15, 0.2) is 0 Å². The molecule has 0 aromatic rings. The zero-order valence-corrected chi connectivity index (χ0v) is 13.1. The first-order valence-corrected chi connectivity index (χ1v) is 7.26. The summed E-state index contributed by atoms with van der Waals surface area (Å²) in [4.78, 5) is 11.7. The van der Waals surface area contributed by atoms with Crippen molar-refractivity contribution in [3.63, 3.8) is 0 Å². The second-order valence-corrected chi connectivity index (χ2v) is 7.60. The van der Waals surface area contributed by atoms with Crippen LogP contribution >= 0.6 is 15.9 Å². The van der Waals surface area contributed by atoms with Gasteiger partial charge in [-0.1, -0.05) is 56.0 Å². The second kappa shape index (κ2) is 6.78. The van der Waals surface area contributed by atoms with Crippen LogP contribution in [0.5, 0.6) is 0 Å². The Morgan fingerprint density at radius 3 is 1.94 bits per heavy atom. The van der Waals surface area contributed by atoms with Crippen molar-refractivity contribution in [1.82, 2.24) is 0 Å². The van der Waals surface area contributed by atoms with Gasteiger partial charge >= 0.3 is 0 Å². The molecule has 0 saturated carbocycles. The summed E-state index contributed by atoms with van der Waals surface area (Å²) in [5, 5.41) is 0. The molecule has 0 unspecified atom stereocenters. The number of ketones is 1. The predicted molar refractivity (Wildman–Crippen MR) is 75.2 cm³/mol. The lowest BCUT2D eigenvalue weighted by atomic mass is 9.80. The van der Waals surface area contributed by atoms with E-state index >= 15 is 0 Å². The Balaban J connectivity index is 3.81. The maximum atomic E-state index is 11.7. The number of carbonyl (C=O) groups is 1. The molecule has 0 radical (unpaired) electrons. The highest BCUT2D eigenvalue weighted by Gasteiger charge is 2.23. The van der Waals surface area contributed by atoms with E-state index < -0.39 is 0 Å². The first-order chi connectivity index (χ1) is 7.25. The van der Waals surface area contributed by atoms with Gasteiger partial charge in [0.1, 0.15) is 5.78 Å². The van der Waals surface area contributed by atoms with Crippen LogP contribution in [0.2, 0.25) is 0 Å². The summed E-state index contributed by atoms with van der Waals surface area (Å²) in [7, 11) is 0. The van der Waals surface area contributed by atoms with Crippen LogP contribution < -0.4 is 0 Å². The van der Waals surface area contributed by atoms with Gasteiger partial charge in [0.25, 0.3) is 0 Å². The van der Waals surface area contributed by atoms with Crippen molar-refractivity contribution < 1.29 is 4.79 Å². The van der Waals surface area contributed by atoms with Crippen molar-refractivity contribution in [3.05, 3.63) is 0 Å². The lowest BCUT2D eigenvalue weighted by Gasteiger charge is -2.26. The second-order valence-electron chi connectivity index (χ2n) is 5.62. The number of Topliss-reactive ketones (excluding diaryl/α,β-unsaturated/α-hetero) is 1. The molecule has 0 rings (SSSR count). The molecule has 0 fully saturated rings. The zero-order chi connectivity index (χ0) is 12.8. The molecule has 0 N–H and O–H groups in total. The van der Waals surface area contributed by atoms with Gasteiger partial charge in [0.2, 0.25) is 0 Å². The van der Waals surface area contributed by atoms with Crippen LogP contribution in [-0.4, -0.2) is 10.1 Å². The van der Waals surface area contributed by atoms with E-state index in [1.54, 1.807) is 0 Å². The van der Waals surface area contributed by atoms with E-state index in [1.165, 1.54) is 25.7 Å². The highest BCUT2D eigenvalue weighted by atomic mass is 79.9. The van der Waals surface area contributed by atoms with Gasteiger partial charge in [-0.2, -0.15) is 0 Å². The lowest BCUT2D eigenvalue weighted by molar-refractivity contribution is -0.120. The summed E-state index contributed by atoms with van der Waals surface area (Å²) in [5.41, 5.74) is 0.479. The Labute approximate surface area is 110 Å². The van der Waals surface area contributed by atoms with Crippen LogP contribution in [-0.2, 0) is 4.79 Å². The molecular weight excluding hydrogens is 264 g/mol. The van der Waals surface area contributed by atoms with E-state index in [4.69, 9.17) is 0 Å². The van der Waals surface area contributed by atoms with Crippen LogP contribution in [0, 0.1) is 5.41 Å². The molecule has 0 atom stereocenters. The van der Waals surface area contributed by atoms with Crippen molar-refractivity contribution in [3.8, 4) is 0 Å². The summed E-state index contributed by atoms with van der Waals surface area (Å²) in [6, 6.07) is 0. The third-order valence-corrected chi connectivity index (χ3v) is 4.25. The third kappa shape index (κ3) is 6.03. The third-order valence-electron chi connectivity index (χ3n) is 3.80. The predicted octanol–water partition coefficient (Wildman–Crippen LogP) is 5.12. The zero-order valence-electron chi connectivity index (χ0n) is 11.5. The van der Waals surface area contributed by atoms with Gasteiger partial charge in [-0.25, -0.2) is 0 Å². The Morgan fingerprint density at radius 2 is 1.56 bits per heavy atom. The summed E-state index contributed by atoms with van der Waals surface area (Å²) in [5.74, 6) is 0.321. The molecule has 0 aromatic heterocycles. The monoisotopic (exact) mass is 290 g/mol. The van der Waals surface area contributed by atoms with Crippen molar-refractivity contribution in [2.24, 2.45) is 5.41 Å². The van der Waals surface area contributed by atoms with Crippen molar-refractivity contribution >= 4 is 21.7 Å². The minimum atomic E-state index is -0.341. The molecular formula is C14H27BrO. The Morgan fingerprint density at radius 1 is 1.06 bits per heavy atom. The summed E-state index contributed by atoms with van der Waals surface area (Å²) >= 11 is 3.41. The fraction of sp³-hybridized carbons (Fsp3) is 0.929. The molecule has 2 heteroatoms. The highest BCUT2D eigenvalue weighted by molar-refractivity contribution is 9.10. The van der Waals surface area contributed by atoms with Crippen molar-refractivity contribution in [2.45, 2.75) is 77.5 Å². The van der Waals surface area contributed by atoms with Gasteiger partial charge < -0.3 is 0 Å². The minimum Gasteiger partial charge on any atom is -0.298 e. The fourth-order valence-electron chi connectivity index (χ4n) is 1.74. The van der Waals surface area contributed by atoms with E-state index in [0.29, 0.717) is 17.6 Å². The molecule has 0 aromatic carbocycles. The average molecular weight is 291 g/mol. The highest BCUT2D eigenvalue weighted by Crippen LogP contribution is 2.32. The smallest absolute Gasteiger partial charge is 0.148 e. The van der Waals surface area contributed by atoms with Crippen LogP contribution in [0.3, 0.4) is 0 Å². The average Bonchev–Trinajstić information content (AvgIpc) is 2.22. The maximum absolute atomic E-state index is 11.7. The van der Waals surface area contributed by atoms with E-state index in [0.717, 1.165) is 6.42 Å². The molecule has 1 nitrogen and oxygen atoms in total. The topological polar surface area (TPSA) is 17.1 Å². The molecule has 0 saturated heterocycles. The Hall–Kier alpha value is 0.150. The number of hydrogen-bond acceptors (Lipinski definition) is 1. The van der Waals surface area contributed by atoms with Gasteiger partial charge in [0, 0.05) is 6.42 Å². The van der Waals surface area contributed by atoms with E-state index in [9.17, 15) is 4.79 Å². The largest absolute Gasteiger partial charge is 0.298 e. The molecule has 96 valence electrons. The molecule has 0 aliphatic rings. The first kappa shape index (κ1) is 16.1. The van der Waals surface area contributed by atoms with Crippen molar-refractivity contribution in [2.75, 3.05) is 0 Å². The minimum absolute atomic E-state index is 0.321. The maximum Gasteiger partial charge on any atom is 0.148 e. The fourth-order valence-corrected chi connectivity index (χ4v) is 1.94. The van der Waals surface area contributed by atoms with Gasteiger partial charge in [-0.15, -0.1) is 0 Å². The molecule has 0 aliphatic carbocycles. The van der Waals surface area contributed by atoms with Crippen LogP contribution in [0.25, 0.3) is 0 Å². The van der Waals surface area contributed by atoms with E-state index in [-0.39, 0.29) is 4.32 Å². The molecule has 16 heavy (non-hydrogen) atoms. The SMILES string of the molecule is CCC(C)(CC)CCCCC(=O)C(C)(C)Br. The number of alkyl halides is 1. The van der Waals surface area contributed by atoms with Gasteiger partial charge in [-0.3, -0.25) is 4.79 Å². The molecule has 0 spiro atoms. The standard InChI is InChI=1S/C14H27BrO/c1-6-14(5,7-2)11-9-8-10-12(16)13(3,4)15/h6-11H2,1-5H3. The first-order valence-electron chi connectivity index (χ1n) is 6.47. The van der Waals surface area contributed by atoms with Crippen LogP contribution in [0.4, 0.5) is 0 Å². The van der Waals surface area contributed by atoms with E-state index in [2.05, 4.69) is 36.7 Å². The molecule has 0 heterocycles. The number of unbranched alkanes of at least 4 members (excludes halogenated alkanes) is 1. The number of halogens is 1. The normalized spacial score (nSPS) is 12.9. The summed E-state index contributed by atoms with van der Waals surface area (Å²) < 4.78 is -0.341. The quantitative estimate of drug-likeness (QED) is 0.448. The van der Waals surface area contributed by atoms with Crippen LogP contribution in [0.1, 0.15) is 73.1 Å². The lowest BCUT2D eigenvalue weighted by Crippen LogP contribution is -2.23. The van der Waals surface area contributed by atoms with E-state index in [1.807, 2.05) is 13.8 Å². The van der Waals surface area contributed by atoms with Crippen molar-refractivity contribution in [1.29, 1.82) is 0 Å². The number of carbonyl (C=O) groups excluding carboxylic acids is 1. The Kier molecular flexibility index (Phi) is 6.84. The summed E-state index contributed by atoms with van der Waals surface area (Å²) in [6.07, 6.45) is 6.64.